The molecule has 0 heterocycles. The van der Waals surface area contributed by atoms with E-state index in [4.69, 9.17) is 21.1 Å². The summed E-state index contributed by atoms with van der Waals surface area (Å²) in [5.41, 5.74) is 1.85. The molecule has 0 aromatic heterocycles. The van der Waals surface area contributed by atoms with Gasteiger partial charge >= 0.3 is 5.97 Å². The molecular formula is C24H27ClO6. The third-order valence-corrected chi connectivity index (χ3v) is 5.43. The Morgan fingerprint density at radius 3 is 2.65 bits per heavy atom. The maximum Gasteiger partial charge on any atom is 0.331 e. The summed E-state index contributed by atoms with van der Waals surface area (Å²) in [5, 5.41) is 30.4. The lowest BCUT2D eigenvalue weighted by Gasteiger charge is -2.36. The van der Waals surface area contributed by atoms with Crippen molar-refractivity contribution >= 4 is 23.6 Å². The summed E-state index contributed by atoms with van der Waals surface area (Å²) >= 11 is 5.99. The third-order valence-electron chi connectivity index (χ3n) is 5.20. The number of benzene rings is 2. The summed E-state index contributed by atoms with van der Waals surface area (Å²) in [6.45, 7) is 0.488. The zero-order chi connectivity index (χ0) is 22.2. The average molecular weight is 447 g/mol. The molecule has 2 aromatic carbocycles. The van der Waals surface area contributed by atoms with Gasteiger partial charge in [0.15, 0.2) is 0 Å². The molecule has 1 fully saturated rings. The summed E-state index contributed by atoms with van der Waals surface area (Å²) in [4.78, 5) is 12.2. The Labute approximate surface area is 186 Å². The quantitative estimate of drug-likeness (QED) is 0.326. The van der Waals surface area contributed by atoms with Crippen LogP contribution < -0.4 is 0 Å². The first-order valence-corrected chi connectivity index (χ1v) is 10.7. The fourth-order valence-electron chi connectivity index (χ4n) is 3.56. The number of aliphatic hydroxyl groups excluding tert-OH is 2. The Hall–Kier alpha value is -2.38. The van der Waals surface area contributed by atoms with E-state index in [2.05, 4.69) is 0 Å². The number of ether oxygens (including phenoxy) is 2. The minimum Gasteiger partial charge on any atom is -0.508 e. The highest BCUT2D eigenvalue weighted by molar-refractivity contribution is 6.30. The second-order valence-corrected chi connectivity index (χ2v) is 8.09. The molecule has 0 unspecified atom stereocenters. The number of esters is 1. The van der Waals surface area contributed by atoms with E-state index in [-0.39, 0.29) is 18.3 Å². The number of phenolic OH excluding ortho intramolecular Hbond substituents is 1. The van der Waals surface area contributed by atoms with E-state index in [1.165, 1.54) is 18.2 Å². The SMILES string of the molecule is O=C(/C=C/c1ccc(O)cc1)O[C@@H]1C[C@@H](OCCCc2cccc(Cl)c2)C[C@H](O)[C@H]1O. The maximum absolute atomic E-state index is 12.2. The number of aryl methyl sites for hydroxylation is 1. The van der Waals surface area contributed by atoms with Crippen molar-refractivity contribution in [2.45, 2.75) is 50.1 Å². The lowest BCUT2D eigenvalue weighted by molar-refractivity contribution is -0.170. The van der Waals surface area contributed by atoms with Crippen LogP contribution in [0.25, 0.3) is 6.08 Å². The van der Waals surface area contributed by atoms with Crippen molar-refractivity contribution in [3.63, 3.8) is 0 Å². The number of hydrogen-bond donors (Lipinski definition) is 3. The molecule has 4 atom stereocenters. The van der Waals surface area contributed by atoms with Crippen molar-refractivity contribution in [3.8, 4) is 5.75 Å². The maximum atomic E-state index is 12.2. The van der Waals surface area contributed by atoms with E-state index in [0.717, 1.165) is 24.0 Å². The number of carbonyl (C=O) groups is 1. The van der Waals surface area contributed by atoms with Gasteiger partial charge in [-0.05, 0) is 54.3 Å². The predicted octanol–water partition coefficient (Wildman–Crippen LogP) is 3.50. The molecule has 1 aliphatic rings. The van der Waals surface area contributed by atoms with Gasteiger partial charge in [0.05, 0.1) is 12.2 Å². The lowest BCUT2D eigenvalue weighted by atomic mass is 9.89. The number of carbonyl (C=O) groups excluding carboxylic acids is 1. The highest BCUT2D eigenvalue weighted by Gasteiger charge is 2.38. The van der Waals surface area contributed by atoms with Crippen molar-refractivity contribution in [2.75, 3.05) is 6.61 Å². The van der Waals surface area contributed by atoms with Gasteiger partial charge in [-0.2, -0.15) is 0 Å². The summed E-state index contributed by atoms with van der Waals surface area (Å²) in [5.74, 6) is -0.483. The molecule has 0 aliphatic heterocycles. The van der Waals surface area contributed by atoms with Gasteiger partial charge in [-0.25, -0.2) is 4.79 Å². The highest BCUT2D eigenvalue weighted by atomic mass is 35.5. The molecule has 1 aliphatic carbocycles. The number of halogens is 1. The predicted molar refractivity (Wildman–Crippen MR) is 118 cm³/mol. The molecule has 1 saturated carbocycles. The molecule has 0 saturated heterocycles. The summed E-state index contributed by atoms with van der Waals surface area (Å²) < 4.78 is 11.2. The van der Waals surface area contributed by atoms with Crippen molar-refractivity contribution < 1.29 is 29.6 Å². The monoisotopic (exact) mass is 446 g/mol. The normalized spacial score (nSPS) is 23.7. The van der Waals surface area contributed by atoms with E-state index in [0.29, 0.717) is 18.1 Å². The van der Waals surface area contributed by atoms with Crippen LogP contribution in [0.5, 0.6) is 5.75 Å². The molecule has 0 bridgehead atoms. The van der Waals surface area contributed by atoms with Gasteiger partial charge in [-0.15, -0.1) is 0 Å². The number of rotatable bonds is 8. The van der Waals surface area contributed by atoms with Crippen LogP contribution in [0, 0.1) is 0 Å². The molecule has 0 amide bonds. The van der Waals surface area contributed by atoms with Gasteiger partial charge in [-0.1, -0.05) is 35.9 Å². The molecule has 0 radical (unpaired) electrons. The van der Waals surface area contributed by atoms with Gasteiger partial charge in [0.2, 0.25) is 0 Å². The van der Waals surface area contributed by atoms with Crippen LogP contribution in [0.4, 0.5) is 0 Å². The van der Waals surface area contributed by atoms with Crippen LogP contribution in [0.2, 0.25) is 5.02 Å². The lowest BCUT2D eigenvalue weighted by Crippen LogP contribution is -2.48. The topological polar surface area (TPSA) is 96.2 Å². The second kappa shape index (κ2) is 11.3. The van der Waals surface area contributed by atoms with E-state index < -0.39 is 24.3 Å². The van der Waals surface area contributed by atoms with Gasteiger partial charge < -0.3 is 24.8 Å². The first-order chi connectivity index (χ1) is 14.9. The fraction of sp³-hybridized carbons (Fsp3) is 0.375. The van der Waals surface area contributed by atoms with E-state index in [1.54, 1.807) is 18.2 Å². The Balaban J connectivity index is 1.46. The van der Waals surface area contributed by atoms with Gasteiger partial charge in [0.25, 0.3) is 0 Å². The highest BCUT2D eigenvalue weighted by Crippen LogP contribution is 2.25. The van der Waals surface area contributed by atoms with Crippen LogP contribution in [0.1, 0.15) is 30.4 Å². The van der Waals surface area contributed by atoms with E-state index >= 15 is 0 Å². The van der Waals surface area contributed by atoms with Crippen LogP contribution in [-0.2, 0) is 20.7 Å². The molecule has 166 valence electrons. The zero-order valence-corrected chi connectivity index (χ0v) is 17.8. The molecule has 0 spiro atoms. The Kier molecular flexibility index (Phi) is 8.49. The summed E-state index contributed by atoms with van der Waals surface area (Å²) in [6, 6.07) is 14.0. The molecule has 7 heteroatoms. The number of aromatic hydroxyl groups is 1. The third kappa shape index (κ3) is 7.36. The smallest absolute Gasteiger partial charge is 0.331 e. The second-order valence-electron chi connectivity index (χ2n) is 7.66. The Bertz CT molecular complexity index is 882. The standard InChI is InChI=1S/C24H27ClO6/c25-18-5-1-3-17(13-18)4-2-12-30-20-14-21(27)24(29)22(15-20)31-23(28)11-8-16-6-9-19(26)10-7-16/h1,3,5-11,13,20-22,24,26-27,29H,2,4,12,14-15H2/b11-8+/t20-,21-,22+,24+/m0/s1. The van der Waals surface area contributed by atoms with Crippen LogP contribution in [-0.4, -0.2) is 52.3 Å². The molecular weight excluding hydrogens is 420 g/mol. The van der Waals surface area contributed by atoms with Crippen LogP contribution >= 0.6 is 11.6 Å². The largest absolute Gasteiger partial charge is 0.508 e. The van der Waals surface area contributed by atoms with E-state index in [9.17, 15) is 20.1 Å². The molecule has 6 nitrogen and oxygen atoms in total. The summed E-state index contributed by atoms with van der Waals surface area (Å²) in [7, 11) is 0. The number of hydrogen-bond acceptors (Lipinski definition) is 6. The average Bonchev–Trinajstić information content (AvgIpc) is 2.74. The van der Waals surface area contributed by atoms with Gasteiger partial charge in [0.1, 0.15) is 18.0 Å². The first kappa shape index (κ1) is 23.3. The fourth-order valence-corrected chi connectivity index (χ4v) is 3.78. The molecule has 3 rings (SSSR count). The van der Waals surface area contributed by atoms with Crippen molar-refractivity contribution in [3.05, 3.63) is 70.8 Å². The van der Waals surface area contributed by atoms with Crippen LogP contribution in [0.15, 0.2) is 54.6 Å². The van der Waals surface area contributed by atoms with E-state index in [1.807, 2.05) is 24.3 Å². The van der Waals surface area contributed by atoms with Crippen LogP contribution in [0.3, 0.4) is 0 Å². The minimum atomic E-state index is -1.16. The molecule has 3 N–H and O–H groups in total. The zero-order valence-electron chi connectivity index (χ0n) is 17.1. The Morgan fingerprint density at radius 1 is 1.13 bits per heavy atom. The minimum absolute atomic E-state index is 0.137. The van der Waals surface area contributed by atoms with Gasteiger partial charge in [0, 0.05) is 30.5 Å². The summed E-state index contributed by atoms with van der Waals surface area (Å²) in [6.07, 6.45) is 1.68. The van der Waals surface area contributed by atoms with Crippen molar-refractivity contribution in [2.24, 2.45) is 0 Å². The van der Waals surface area contributed by atoms with Gasteiger partial charge in [-0.3, -0.25) is 0 Å². The Morgan fingerprint density at radius 2 is 1.90 bits per heavy atom. The number of aliphatic hydroxyl groups is 2. The molecule has 2 aromatic rings. The molecule has 31 heavy (non-hydrogen) atoms. The van der Waals surface area contributed by atoms with Crippen molar-refractivity contribution in [1.29, 1.82) is 0 Å². The number of phenols is 1. The first-order valence-electron chi connectivity index (χ1n) is 10.3. The van der Waals surface area contributed by atoms with Crippen molar-refractivity contribution in [1.82, 2.24) is 0 Å².